The van der Waals surface area contributed by atoms with Gasteiger partial charge in [0.2, 0.25) is 0 Å². The van der Waals surface area contributed by atoms with E-state index in [1.165, 1.54) is 0 Å². The first-order valence-electron chi connectivity index (χ1n) is 14.9. The van der Waals surface area contributed by atoms with Crippen molar-refractivity contribution < 1.29 is 10.2 Å². The molecule has 6 heteroatoms. The zero-order valence-electron chi connectivity index (χ0n) is 27.3. The van der Waals surface area contributed by atoms with Crippen LogP contribution in [0.25, 0.3) is 0 Å². The third-order valence-corrected chi connectivity index (χ3v) is 7.51. The van der Waals surface area contributed by atoms with E-state index in [9.17, 15) is 10.2 Å². The van der Waals surface area contributed by atoms with Gasteiger partial charge in [-0.25, -0.2) is 0 Å². The van der Waals surface area contributed by atoms with Gasteiger partial charge in [0.1, 0.15) is 11.5 Å². The summed E-state index contributed by atoms with van der Waals surface area (Å²) < 4.78 is 0. The summed E-state index contributed by atoms with van der Waals surface area (Å²) in [6.45, 7) is 19.4. The molecule has 3 rings (SSSR count). The van der Waals surface area contributed by atoms with E-state index in [1.54, 1.807) is 12.4 Å². The minimum atomic E-state index is -0.0712. The van der Waals surface area contributed by atoms with Crippen LogP contribution in [0.15, 0.2) is 58.5 Å². The van der Waals surface area contributed by atoms with Gasteiger partial charge in [-0.1, -0.05) is 53.7 Å². The highest BCUT2D eigenvalue weighted by Crippen LogP contribution is 2.36. The van der Waals surface area contributed by atoms with Crippen LogP contribution in [0.4, 0.5) is 11.4 Å². The number of anilines is 2. The van der Waals surface area contributed by atoms with Crippen molar-refractivity contribution in [1.29, 1.82) is 0 Å². The molecule has 0 aromatic heterocycles. The number of hydrogen-bond donors (Lipinski definition) is 2. The molecule has 0 bridgehead atoms. The molecule has 0 saturated heterocycles. The molecule has 0 saturated carbocycles. The van der Waals surface area contributed by atoms with Crippen molar-refractivity contribution in [2.75, 3.05) is 37.0 Å². The molecule has 0 spiro atoms. The van der Waals surface area contributed by atoms with Gasteiger partial charge >= 0.3 is 0 Å². The molecule has 0 aliphatic carbocycles. The Morgan fingerprint density at radius 3 is 1.31 bits per heavy atom. The van der Waals surface area contributed by atoms with Crippen LogP contribution >= 0.6 is 0 Å². The number of rotatable bonds is 10. The topological polar surface area (TPSA) is 71.7 Å². The van der Waals surface area contributed by atoms with Crippen LogP contribution in [-0.2, 0) is 23.9 Å². The van der Waals surface area contributed by atoms with Crippen LogP contribution in [0.5, 0.6) is 11.5 Å². The average molecular weight is 571 g/mol. The van der Waals surface area contributed by atoms with Crippen molar-refractivity contribution in [3.8, 4) is 11.5 Å². The maximum absolute atomic E-state index is 11.2. The van der Waals surface area contributed by atoms with Gasteiger partial charge in [0.25, 0.3) is 0 Å². The van der Waals surface area contributed by atoms with E-state index in [1.807, 2.05) is 52.2 Å². The zero-order valence-corrected chi connectivity index (χ0v) is 27.3. The molecule has 3 aromatic carbocycles. The van der Waals surface area contributed by atoms with Gasteiger partial charge in [-0.05, 0) is 72.2 Å². The normalized spacial score (nSPS) is 12.4. The summed E-state index contributed by atoms with van der Waals surface area (Å²) >= 11 is 0. The Balaban J connectivity index is 2.00. The summed E-state index contributed by atoms with van der Waals surface area (Å²) in [5.74, 6) is 0.533. The summed E-state index contributed by atoms with van der Waals surface area (Å²) in [5.41, 5.74) is 7.44. The van der Waals surface area contributed by atoms with E-state index in [-0.39, 0.29) is 22.3 Å². The number of hydrogen-bond acceptors (Lipinski definition) is 6. The van der Waals surface area contributed by atoms with Crippen LogP contribution in [0.3, 0.4) is 0 Å². The maximum Gasteiger partial charge on any atom is 0.129 e. The lowest BCUT2D eigenvalue weighted by Gasteiger charge is -2.30. The summed E-state index contributed by atoms with van der Waals surface area (Å²) in [6, 6.07) is 16.6. The Morgan fingerprint density at radius 2 is 1.00 bits per heavy atom. The molecule has 0 aliphatic heterocycles. The van der Waals surface area contributed by atoms with E-state index in [0.29, 0.717) is 26.2 Å². The largest absolute Gasteiger partial charge is 0.507 e. The highest BCUT2D eigenvalue weighted by Gasteiger charge is 2.22. The van der Waals surface area contributed by atoms with Gasteiger partial charge in [0, 0.05) is 75.0 Å². The molecular formula is C36H50N4O2. The first kappa shape index (κ1) is 32.7. The van der Waals surface area contributed by atoms with Crippen LogP contribution < -0.4 is 9.80 Å². The SMILES string of the molecule is CCN=Cc1cc(C(C)(C)C)cc(CN(C)c2ccccc2N(C)Cc2cc(C(C)(C)C)cc(C=NCC)c2O)c1O. The third-order valence-electron chi connectivity index (χ3n) is 7.51. The van der Waals surface area contributed by atoms with Crippen molar-refractivity contribution in [3.05, 3.63) is 81.9 Å². The Morgan fingerprint density at radius 1 is 0.643 bits per heavy atom. The van der Waals surface area contributed by atoms with Crippen molar-refractivity contribution in [2.24, 2.45) is 9.98 Å². The van der Waals surface area contributed by atoms with E-state index < -0.39 is 0 Å². The van der Waals surface area contributed by atoms with E-state index in [4.69, 9.17) is 0 Å². The molecule has 0 aliphatic rings. The monoisotopic (exact) mass is 570 g/mol. The number of phenolic OH excluding ortho intramolecular Hbond substituents is 2. The molecule has 0 heterocycles. The summed E-state index contributed by atoms with van der Waals surface area (Å²) in [4.78, 5) is 13.1. The first-order valence-corrected chi connectivity index (χ1v) is 14.9. The lowest BCUT2D eigenvalue weighted by atomic mass is 9.84. The molecule has 0 amide bonds. The van der Waals surface area contributed by atoms with Gasteiger partial charge in [0.05, 0.1) is 11.4 Å². The minimum Gasteiger partial charge on any atom is -0.507 e. The molecule has 226 valence electrons. The maximum atomic E-state index is 11.2. The van der Waals surface area contributed by atoms with Crippen LogP contribution in [0, 0.1) is 0 Å². The molecule has 0 fully saturated rings. The fourth-order valence-corrected chi connectivity index (χ4v) is 4.91. The lowest BCUT2D eigenvalue weighted by molar-refractivity contribution is 0.464. The van der Waals surface area contributed by atoms with Crippen molar-refractivity contribution >= 4 is 23.8 Å². The minimum absolute atomic E-state index is 0.0712. The van der Waals surface area contributed by atoms with Gasteiger partial charge in [-0.2, -0.15) is 0 Å². The van der Waals surface area contributed by atoms with Crippen molar-refractivity contribution in [1.82, 2.24) is 0 Å². The summed E-state index contributed by atoms with van der Waals surface area (Å²) in [6.07, 6.45) is 3.54. The summed E-state index contributed by atoms with van der Waals surface area (Å²) in [7, 11) is 4.10. The number of aromatic hydroxyl groups is 2. The smallest absolute Gasteiger partial charge is 0.129 e. The second kappa shape index (κ2) is 13.5. The zero-order chi connectivity index (χ0) is 31.2. The number of benzene rings is 3. The number of nitrogens with zero attached hydrogens (tertiary/aromatic N) is 4. The number of para-hydroxylation sites is 2. The van der Waals surface area contributed by atoms with E-state index >= 15 is 0 Å². The standard InChI is InChI=1S/C36H50N4O2/c1-11-37-21-25-17-29(35(3,4)5)19-27(33(25)41)23-39(9)31-15-13-14-16-32(31)40(10)24-28-20-30(36(6,7)8)18-26(34(28)42)22-38-12-2/h13-22,41-42H,11-12,23-24H2,1-10H3. The average Bonchev–Trinajstić information content (AvgIpc) is 2.92. The van der Waals surface area contributed by atoms with Gasteiger partial charge in [0.15, 0.2) is 0 Å². The number of aliphatic imine (C=N–C) groups is 2. The molecule has 0 unspecified atom stereocenters. The van der Waals surface area contributed by atoms with Gasteiger partial charge < -0.3 is 20.0 Å². The highest BCUT2D eigenvalue weighted by molar-refractivity contribution is 5.85. The Kier molecular flexibility index (Phi) is 10.5. The molecule has 42 heavy (non-hydrogen) atoms. The molecule has 6 nitrogen and oxygen atoms in total. The fraction of sp³-hybridized carbons (Fsp3) is 0.444. The van der Waals surface area contributed by atoms with Gasteiger partial charge in [-0.15, -0.1) is 0 Å². The molecule has 3 aromatic rings. The Bertz CT molecular complexity index is 1320. The molecular weight excluding hydrogens is 520 g/mol. The predicted molar refractivity (Wildman–Crippen MR) is 181 cm³/mol. The Hall–Kier alpha value is -3.80. The van der Waals surface area contributed by atoms with Crippen molar-refractivity contribution in [2.45, 2.75) is 79.3 Å². The van der Waals surface area contributed by atoms with Crippen LogP contribution in [0.1, 0.15) is 88.8 Å². The van der Waals surface area contributed by atoms with Crippen molar-refractivity contribution in [3.63, 3.8) is 0 Å². The second-order valence-corrected chi connectivity index (χ2v) is 13.1. The predicted octanol–water partition coefficient (Wildman–Crippen LogP) is 7.84. The molecule has 2 N–H and O–H groups in total. The molecule has 0 radical (unpaired) electrons. The van der Waals surface area contributed by atoms with E-state index in [2.05, 4.69) is 85.6 Å². The quantitative estimate of drug-likeness (QED) is 0.244. The van der Waals surface area contributed by atoms with Crippen LogP contribution in [0.2, 0.25) is 0 Å². The summed E-state index contributed by atoms with van der Waals surface area (Å²) in [5, 5.41) is 22.4. The Labute approximate surface area is 253 Å². The first-order chi connectivity index (χ1) is 19.7. The fourth-order valence-electron chi connectivity index (χ4n) is 4.91. The highest BCUT2D eigenvalue weighted by atomic mass is 16.3. The third kappa shape index (κ3) is 7.93. The second-order valence-electron chi connectivity index (χ2n) is 13.1. The van der Waals surface area contributed by atoms with Gasteiger partial charge in [-0.3, -0.25) is 9.98 Å². The van der Waals surface area contributed by atoms with Crippen LogP contribution in [-0.4, -0.2) is 49.8 Å². The molecule has 0 atom stereocenters. The van der Waals surface area contributed by atoms with E-state index in [0.717, 1.165) is 44.8 Å². The number of phenols is 2. The lowest BCUT2D eigenvalue weighted by Crippen LogP contribution is -2.24.